The first-order valence-electron chi connectivity index (χ1n) is 9.12. The monoisotopic (exact) mass is 358 g/mol. The summed E-state index contributed by atoms with van der Waals surface area (Å²) in [6.07, 6.45) is 6.10. The molecule has 8 nitrogen and oxygen atoms in total. The van der Waals surface area contributed by atoms with Gasteiger partial charge in [-0.2, -0.15) is 5.10 Å². The van der Waals surface area contributed by atoms with E-state index in [4.69, 9.17) is 0 Å². The van der Waals surface area contributed by atoms with Gasteiger partial charge in [0, 0.05) is 50.6 Å². The molecule has 1 fully saturated rings. The molecule has 2 aromatic heterocycles. The van der Waals surface area contributed by atoms with Gasteiger partial charge >= 0.3 is 0 Å². The van der Waals surface area contributed by atoms with Crippen molar-refractivity contribution < 1.29 is 9.59 Å². The van der Waals surface area contributed by atoms with E-state index in [2.05, 4.69) is 34.1 Å². The Morgan fingerprint density at radius 3 is 2.77 bits per heavy atom. The van der Waals surface area contributed by atoms with E-state index in [1.165, 1.54) is 6.92 Å². The quantitative estimate of drug-likeness (QED) is 0.830. The molecule has 3 rings (SSSR count). The molecule has 1 saturated heterocycles. The van der Waals surface area contributed by atoms with Gasteiger partial charge in [-0.25, -0.2) is 9.50 Å². The SMILES string of the molecule is CCN(CC)Cc1cnc2c(C(=O)N3CC[C@H](NC(C)=O)C3)cnn2c1. The van der Waals surface area contributed by atoms with Gasteiger partial charge < -0.3 is 10.2 Å². The lowest BCUT2D eigenvalue weighted by atomic mass is 10.2. The molecule has 2 aromatic rings. The fourth-order valence-electron chi connectivity index (χ4n) is 3.37. The third-order valence-electron chi connectivity index (χ3n) is 4.82. The number of likely N-dealkylation sites (tertiary alicyclic amines) is 1. The van der Waals surface area contributed by atoms with Gasteiger partial charge in [0.15, 0.2) is 5.65 Å². The van der Waals surface area contributed by atoms with Crippen LogP contribution in [-0.4, -0.2) is 68.4 Å². The van der Waals surface area contributed by atoms with Crippen molar-refractivity contribution >= 4 is 17.5 Å². The van der Waals surface area contributed by atoms with E-state index >= 15 is 0 Å². The molecule has 0 unspecified atom stereocenters. The van der Waals surface area contributed by atoms with Crippen molar-refractivity contribution in [2.24, 2.45) is 0 Å². The van der Waals surface area contributed by atoms with Gasteiger partial charge in [-0.3, -0.25) is 14.5 Å². The Kier molecular flexibility index (Phi) is 5.51. The number of hydrogen-bond acceptors (Lipinski definition) is 5. The molecule has 8 heteroatoms. The van der Waals surface area contributed by atoms with E-state index < -0.39 is 0 Å². The zero-order chi connectivity index (χ0) is 18.7. The number of nitrogens with one attached hydrogen (secondary N) is 1. The first-order chi connectivity index (χ1) is 12.5. The maximum Gasteiger partial charge on any atom is 0.259 e. The number of carbonyl (C=O) groups is 2. The van der Waals surface area contributed by atoms with Gasteiger partial charge in [-0.05, 0) is 19.5 Å². The Morgan fingerprint density at radius 2 is 2.08 bits per heavy atom. The highest BCUT2D eigenvalue weighted by molar-refractivity contribution is 5.99. The number of nitrogens with zero attached hydrogens (tertiary/aromatic N) is 5. The summed E-state index contributed by atoms with van der Waals surface area (Å²) in [5, 5.41) is 7.19. The molecule has 3 heterocycles. The standard InChI is InChI=1S/C18H26N6O2/c1-4-22(5-2)10-14-8-19-17-16(9-20-24(17)11-14)18(26)23-7-6-15(12-23)21-13(3)25/h8-9,11,15H,4-7,10,12H2,1-3H3,(H,21,25)/t15-/m0/s1. The molecule has 1 N–H and O–H groups in total. The van der Waals surface area contributed by atoms with Crippen molar-refractivity contribution in [3.05, 3.63) is 29.7 Å². The molecule has 2 amide bonds. The predicted molar refractivity (Wildman–Crippen MR) is 97.7 cm³/mol. The van der Waals surface area contributed by atoms with Crippen molar-refractivity contribution in [3.63, 3.8) is 0 Å². The average molecular weight is 358 g/mol. The minimum absolute atomic E-state index is 0.0203. The summed E-state index contributed by atoms with van der Waals surface area (Å²) in [5.74, 6) is -0.153. The summed E-state index contributed by atoms with van der Waals surface area (Å²) in [7, 11) is 0. The highest BCUT2D eigenvalue weighted by Gasteiger charge is 2.29. The van der Waals surface area contributed by atoms with Gasteiger partial charge in [0.1, 0.15) is 5.56 Å². The Bertz CT molecular complexity index is 798. The van der Waals surface area contributed by atoms with Crippen LogP contribution in [0.15, 0.2) is 18.6 Å². The first-order valence-corrected chi connectivity index (χ1v) is 9.12. The molecule has 0 saturated carbocycles. The topological polar surface area (TPSA) is 82.8 Å². The van der Waals surface area contributed by atoms with Crippen molar-refractivity contribution in [2.75, 3.05) is 26.2 Å². The molecule has 1 atom stereocenters. The molecular weight excluding hydrogens is 332 g/mol. The fraction of sp³-hybridized carbons (Fsp3) is 0.556. The number of rotatable bonds is 6. The summed E-state index contributed by atoms with van der Waals surface area (Å²) >= 11 is 0. The van der Waals surface area contributed by atoms with E-state index in [1.54, 1.807) is 15.6 Å². The van der Waals surface area contributed by atoms with E-state index in [0.717, 1.165) is 31.6 Å². The zero-order valence-electron chi connectivity index (χ0n) is 15.6. The van der Waals surface area contributed by atoms with Gasteiger partial charge in [0.05, 0.1) is 6.20 Å². The maximum atomic E-state index is 12.8. The largest absolute Gasteiger partial charge is 0.352 e. The van der Waals surface area contributed by atoms with E-state index in [-0.39, 0.29) is 17.9 Å². The van der Waals surface area contributed by atoms with Crippen LogP contribution >= 0.6 is 0 Å². The van der Waals surface area contributed by atoms with Crippen molar-refractivity contribution in [2.45, 2.75) is 39.8 Å². The van der Waals surface area contributed by atoms with Crippen LogP contribution in [0.25, 0.3) is 5.65 Å². The van der Waals surface area contributed by atoms with Crippen LogP contribution in [0, 0.1) is 0 Å². The zero-order valence-corrected chi connectivity index (χ0v) is 15.6. The molecule has 0 aromatic carbocycles. The predicted octanol–water partition coefficient (Wildman–Crippen LogP) is 0.922. The number of carbonyl (C=O) groups excluding carboxylic acids is 2. The van der Waals surface area contributed by atoms with E-state index in [9.17, 15) is 9.59 Å². The number of fused-ring (bicyclic) bond motifs is 1. The first kappa shape index (κ1) is 18.3. The highest BCUT2D eigenvalue weighted by atomic mass is 16.2. The Hall–Kier alpha value is -2.48. The molecule has 1 aliphatic rings. The smallest absolute Gasteiger partial charge is 0.259 e. The minimum Gasteiger partial charge on any atom is -0.352 e. The van der Waals surface area contributed by atoms with Crippen LogP contribution in [0.2, 0.25) is 0 Å². The summed E-state index contributed by atoms with van der Waals surface area (Å²) in [6.45, 7) is 9.66. The fourth-order valence-corrected chi connectivity index (χ4v) is 3.37. The van der Waals surface area contributed by atoms with Crippen LogP contribution in [0.1, 0.15) is 43.1 Å². The molecule has 0 radical (unpaired) electrons. The van der Waals surface area contributed by atoms with Crippen LogP contribution in [0.5, 0.6) is 0 Å². The average Bonchev–Trinajstić information content (AvgIpc) is 3.25. The number of amides is 2. The lowest BCUT2D eigenvalue weighted by Crippen LogP contribution is -2.37. The Labute approximate surface area is 153 Å². The normalized spacial score (nSPS) is 17.2. The van der Waals surface area contributed by atoms with Crippen LogP contribution < -0.4 is 5.32 Å². The highest BCUT2D eigenvalue weighted by Crippen LogP contribution is 2.17. The molecule has 0 aliphatic carbocycles. The summed E-state index contributed by atoms with van der Waals surface area (Å²) in [5.41, 5.74) is 2.14. The molecule has 0 spiro atoms. The second kappa shape index (κ2) is 7.82. The van der Waals surface area contributed by atoms with E-state index in [0.29, 0.717) is 24.3 Å². The molecule has 26 heavy (non-hydrogen) atoms. The van der Waals surface area contributed by atoms with Gasteiger partial charge in [-0.1, -0.05) is 13.8 Å². The summed E-state index contributed by atoms with van der Waals surface area (Å²) in [6, 6.07) is 0.0203. The van der Waals surface area contributed by atoms with Gasteiger partial charge in [0.25, 0.3) is 5.91 Å². The maximum absolute atomic E-state index is 12.8. The second-order valence-electron chi connectivity index (χ2n) is 6.69. The van der Waals surface area contributed by atoms with Gasteiger partial charge in [0.2, 0.25) is 5.91 Å². The van der Waals surface area contributed by atoms with Crippen molar-refractivity contribution in [1.29, 1.82) is 0 Å². The molecule has 1 aliphatic heterocycles. The van der Waals surface area contributed by atoms with Crippen molar-refractivity contribution in [1.82, 2.24) is 29.7 Å². The van der Waals surface area contributed by atoms with Crippen molar-refractivity contribution in [3.8, 4) is 0 Å². The summed E-state index contributed by atoms with van der Waals surface area (Å²) < 4.78 is 1.67. The number of aromatic nitrogens is 3. The van der Waals surface area contributed by atoms with Crippen LogP contribution in [0.4, 0.5) is 0 Å². The third kappa shape index (κ3) is 3.85. The minimum atomic E-state index is -0.0863. The summed E-state index contributed by atoms with van der Waals surface area (Å²) in [4.78, 5) is 32.5. The molecule has 0 bridgehead atoms. The van der Waals surface area contributed by atoms with E-state index in [1.807, 2.05) is 12.4 Å². The van der Waals surface area contributed by atoms with Gasteiger partial charge in [-0.15, -0.1) is 0 Å². The number of hydrogen-bond donors (Lipinski definition) is 1. The molecule has 140 valence electrons. The van der Waals surface area contributed by atoms with Crippen LogP contribution in [0.3, 0.4) is 0 Å². The Balaban J connectivity index is 1.74. The Morgan fingerprint density at radius 1 is 1.31 bits per heavy atom. The molecular formula is C18H26N6O2. The lowest BCUT2D eigenvalue weighted by Gasteiger charge is -2.18. The van der Waals surface area contributed by atoms with Crippen LogP contribution in [-0.2, 0) is 11.3 Å². The second-order valence-corrected chi connectivity index (χ2v) is 6.69. The lowest BCUT2D eigenvalue weighted by molar-refractivity contribution is -0.119. The third-order valence-corrected chi connectivity index (χ3v) is 4.82.